The van der Waals surface area contributed by atoms with Crippen LogP contribution in [0.2, 0.25) is 0 Å². The van der Waals surface area contributed by atoms with Crippen molar-refractivity contribution in [3.8, 4) is 0 Å². The van der Waals surface area contributed by atoms with E-state index >= 15 is 0 Å². The lowest BCUT2D eigenvalue weighted by Gasteiger charge is -2.32. The van der Waals surface area contributed by atoms with Crippen LogP contribution in [0.25, 0.3) is 0 Å². The van der Waals surface area contributed by atoms with Gasteiger partial charge in [-0.1, -0.05) is 0 Å². The molecule has 0 bridgehead atoms. The number of hydrogen-bond acceptors (Lipinski definition) is 7. The summed E-state index contributed by atoms with van der Waals surface area (Å²) in [6, 6.07) is 4.29. The number of hydrogen-bond donors (Lipinski definition) is 1. The van der Waals surface area contributed by atoms with Crippen LogP contribution >= 0.6 is 0 Å². The SMILES string of the molecule is CN(C)c1cc(NC2CCN(Cc3ncccn3)CC2)ncn1. The summed E-state index contributed by atoms with van der Waals surface area (Å²) in [6.45, 7) is 2.91. The van der Waals surface area contributed by atoms with Crippen LogP contribution in [-0.4, -0.2) is 58.1 Å². The largest absolute Gasteiger partial charge is 0.367 e. The van der Waals surface area contributed by atoms with Crippen molar-refractivity contribution in [1.82, 2.24) is 24.8 Å². The molecule has 1 aliphatic heterocycles. The highest BCUT2D eigenvalue weighted by Crippen LogP contribution is 2.18. The van der Waals surface area contributed by atoms with Gasteiger partial charge in [-0.2, -0.15) is 0 Å². The molecule has 1 saturated heterocycles. The van der Waals surface area contributed by atoms with E-state index in [0.29, 0.717) is 6.04 Å². The summed E-state index contributed by atoms with van der Waals surface area (Å²) in [5, 5.41) is 3.52. The number of likely N-dealkylation sites (tertiary alicyclic amines) is 1. The molecule has 0 spiro atoms. The fraction of sp³-hybridized carbons (Fsp3) is 0.500. The Balaban J connectivity index is 1.50. The van der Waals surface area contributed by atoms with E-state index in [0.717, 1.165) is 49.9 Å². The fourth-order valence-electron chi connectivity index (χ4n) is 2.73. The molecule has 0 atom stereocenters. The van der Waals surface area contributed by atoms with Gasteiger partial charge in [0.1, 0.15) is 23.8 Å². The first kappa shape index (κ1) is 15.6. The highest BCUT2D eigenvalue weighted by molar-refractivity contribution is 5.47. The molecule has 3 rings (SSSR count). The van der Waals surface area contributed by atoms with Gasteiger partial charge < -0.3 is 10.2 Å². The molecule has 0 aromatic carbocycles. The zero-order chi connectivity index (χ0) is 16.1. The van der Waals surface area contributed by atoms with Crippen LogP contribution in [0.5, 0.6) is 0 Å². The second kappa shape index (κ2) is 7.32. The van der Waals surface area contributed by atoms with Crippen molar-refractivity contribution in [3.63, 3.8) is 0 Å². The number of anilines is 2. The quantitative estimate of drug-likeness (QED) is 0.895. The molecular formula is C16H23N7. The van der Waals surface area contributed by atoms with Crippen molar-refractivity contribution < 1.29 is 0 Å². The van der Waals surface area contributed by atoms with E-state index in [2.05, 4.69) is 30.2 Å². The lowest BCUT2D eigenvalue weighted by Crippen LogP contribution is -2.39. The molecule has 122 valence electrons. The highest BCUT2D eigenvalue weighted by Gasteiger charge is 2.20. The topological polar surface area (TPSA) is 70.1 Å². The van der Waals surface area contributed by atoms with Crippen molar-refractivity contribution >= 4 is 11.6 Å². The molecule has 1 N–H and O–H groups in total. The van der Waals surface area contributed by atoms with Gasteiger partial charge in [0.25, 0.3) is 0 Å². The average molecular weight is 313 g/mol. The van der Waals surface area contributed by atoms with Crippen molar-refractivity contribution in [1.29, 1.82) is 0 Å². The standard InChI is InChI=1S/C16H23N7/c1-22(2)16-10-14(19-12-20-16)21-13-4-8-23(9-5-13)11-15-17-6-3-7-18-15/h3,6-7,10,12-13H,4-5,8-9,11H2,1-2H3,(H,19,20,21). The normalized spacial score (nSPS) is 16.3. The molecule has 7 heteroatoms. The van der Waals surface area contributed by atoms with Gasteiger partial charge in [0.2, 0.25) is 0 Å². The second-order valence-electron chi connectivity index (χ2n) is 6.02. The summed E-state index contributed by atoms with van der Waals surface area (Å²) in [6.07, 6.45) is 7.39. The Morgan fingerprint density at radius 3 is 2.57 bits per heavy atom. The Hall–Kier alpha value is -2.28. The molecule has 7 nitrogen and oxygen atoms in total. The molecule has 2 aromatic heterocycles. The van der Waals surface area contributed by atoms with Crippen molar-refractivity contribution in [3.05, 3.63) is 36.7 Å². The minimum Gasteiger partial charge on any atom is -0.367 e. The van der Waals surface area contributed by atoms with Gasteiger partial charge >= 0.3 is 0 Å². The maximum Gasteiger partial charge on any atom is 0.142 e. The summed E-state index contributed by atoms with van der Waals surface area (Å²) >= 11 is 0. The summed E-state index contributed by atoms with van der Waals surface area (Å²) in [7, 11) is 3.96. The summed E-state index contributed by atoms with van der Waals surface area (Å²) in [4.78, 5) is 21.5. The first-order valence-corrected chi connectivity index (χ1v) is 7.95. The summed E-state index contributed by atoms with van der Waals surface area (Å²) in [5.41, 5.74) is 0. The van der Waals surface area contributed by atoms with Crippen LogP contribution in [0.3, 0.4) is 0 Å². The molecule has 1 fully saturated rings. The van der Waals surface area contributed by atoms with Crippen LogP contribution in [0.1, 0.15) is 18.7 Å². The van der Waals surface area contributed by atoms with Crippen LogP contribution < -0.4 is 10.2 Å². The molecule has 0 radical (unpaired) electrons. The zero-order valence-corrected chi connectivity index (χ0v) is 13.7. The Kier molecular flexibility index (Phi) is 4.97. The summed E-state index contributed by atoms with van der Waals surface area (Å²) in [5.74, 6) is 2.71. The van der Waals surface area contributed by atoms with Crippen molar-refractivity contribution in [2.45, 2.75) is 25.4 Å². The predicted octanol–water partition coefficient (Wildman–Crippen LogP) is 1.41. The minimum atomic E-state index is 0.452. The van der Waals surface area contributed by atoms with Gasteiger partial charge in [-0.15, -0.1) is 0 Å². The van der Waals surface area contributed by atoms with Crippen LogP contribution in [-0.2, 0) is 6.54 Å². The first-order chi connectivity index (χ1) is 11.2. The molecule has 3 heterocycles. The van der Waals surface area contributed by atoms with Crippen LogP contribution in [0.15, 0.2) is 30.9 Å². The van der Waals surface area contributed by atoms with Crippen LogP contribution in [0.4, 0.5) is 11.6 Å². The maximum atomic E-state index is 4.32. The Labute approximate surface area is 136 Å². The van der Waals surface area contributed by atoms with E-state index in [1.807, 2.05) is 31.1 Å². The van der Waals surface area contributed by atoms with E-state index < -0.39 is 0 Å². The molecular weight excluding hydrogens is 290 g/mol. The Morgan fingerprint density at radius 2 is 1.87 bits per heavy atom. The highest BCUT2D eigenvalue weighted by atomic mass is 15.2. The number of nitrogens with zero attached hydrogens (tertiary/aromatic N) is 6. The van der Waals surface area contributed by atoms with Crippen molar-refractivity contribution in [2.24, 2.45) is 0 Å². The molecule has 1 aliphatic rings. The smallest absolute Gasteiger partial charge is 0.142 e. The Bertz CT molecular complexity index is 609. The van der Waals surface area contributed by atoms with Gasteiger partial charge in [-0.25, -0.2) is 19.9 Å². The first-order valence-electron chi connectivity index (χ1n) is 7.95. The molecule has 2 aromatic rings. The molecule has 23 heavy (non-hydrogen) atoms. The second-order valence-corrected chi connectivity index (χ2v) is 6.02. The minimum absolute atomic E-state index is 0.452. The third-order valence-electron chi connectivity index (χ3n) is 4.03. The number of rotatable bonds is 5. The van der Waals surface area contributed by atoms with E-state index in [1.165, 1.54) is 0 Å². The van der Waals surface area contributed by atoms with Gasteiger partial charge in [0.05, 0.1) is 6.54 Å². The van der Waals surface area contributed by atoms with E-state index in [4.69, 9.17) is 0 Å². The van der Waals surface area contributed by atoms with Gasteiger partial charge in [0.15, 0.2) is 0 Å². The Morgan fingerprint density at radius 1 is 1.13 bits per heavy atom. The predicted molar refractivity (Wildman–Crippen MR) is 90.3 cm³/mol. The van der Waals surface area contributed by atoms with E-state index in [9.17, 15) is 0 Å². The van der Waals surface area contributed by atoms with Gasteiger partial charge in [-0.05, 0) is 18.9 Å². The third kappa shape index (κ3) is 4.35. The number of piperidine rings is 1. The fourth-order valence-corrected chi connectivity index (χ4v) is 2.73. The monoisotopic (exact) mass is 313 g/mol. The van der Waals surface area contributed by atoms with Gasteiger partial charge in [0, 0.05) is 51.7 Å². The maximum absolute atomic E-state index is 4.32. The lowest BCUT2D eigenvalue weighted by molar-refractivity contribution is 0.206. The molecule has 0 saturated carbocycles. The van der Waals surface area contributed by atoms with Crippen LogP contribution in [0, 0.1) is 0 Å². The van der Waals surface area contributed by atoms with Gasteiger partial charge in [-0.3, -0.25) is 4.90 Å². The molecule has 0 aliphatic carbocycles. The summed E-state index contributed by atoms with van der Waals surface area (Å²) < 4.78 is 0. The molecule has 0 unspecified atom stereocenters. The third-order valence-corrected chi connectivity index (χ3v) is 4.03. The molecule has 0 amide bonds. The van der Waals surface area contributed by atoms with Crippen molar-refractivity contribution in [2.75, 3.05) is 37.4 Å². The lowest BCUT2D eigenvalue weighted by atomic mass is 10.1. The number of aromatic nitrogens is 4. The average Bonchev–Trinajstić information content (AvgIpc) is 2.58. The van der Waals surface area contributed by atoms with E-state index in [-0.39, 0.29) is 0 Å². The number of nitrogens with one attached hydrogen (secondary N) is 1. The zero-order valence-electron chi connectivity index (χ0n) is 13.7. The van der Waals surface area contributed by atoms with E-state index in [1.54, 1.807) is 18.7 Å².